The fourth-order valence-corrected chi connectivity index (χ4v) is 5.00. The summed E-state index contributed by atoms with van der Waals surface area (Å²) < 4.78 is 26.9. The van der Waals surface area contributed by atoms with E-state index in [2.05, 4.69) is 17.4 Å². The smallest absolute Gasteiger partial charge is 0.243 e. The molecule has 1 aliphatic rings. The summed E-state index contributed by atoms with van der Waals surface area (Å²) in [5, 5.41) is 3.49. The quantitative estimate of drug-likeness (QED) is 0.697. The number of piperidine rings is 1. The van der Waals surface area contributed by atoms with E-state index in [1.807, 2.05) is 18.2 Å². The van der Waals surface area contributed by atoms with E-state index >= 15 is 0 Å². The number of nitrogens with zero attached hydrogens (tertiary/aromatic N) is 1. The Morgan fingerprint density at radius 2 is 1.68 bits per heavy atom. The molecule has 3 rings (SSSR count). The Bertz CT molecular complexity index is 878. The standard InChI is InChI=1S/C21H25ClN2O3S/c22-19-8-10-20(11-9-19)28(26,27)24-15-12-18(13-16-24)21(25)23-14-4-7-17-5-2-1-3-6-17/h1-3,5-6,8-11,18H,4,7,12-16H2,(H,23,25). The van der Waals surface area contributed by atoms with Crippen molar-refractivity contribution in [1.29, 1.82) is 0 Å². The number of sulfonamides is 1. The Kier molecular flexibility index (Phi) is 7.10. The number of carbonyl (C=O) groups is 1. The van der Waals surface area contributed by atoms with E-state index in [1.165, 1.54) is 22.0 Å². The third-order valence-corrected chi connectivity index (χ3v) is 7.23. The predicted molar refractivity (Wildman–Crippen MR) is 111 cm³/mol. The average Bonchev–Trinajstić information content (AvgIpc) is 2.72. The molecule has 0 spiro atoms. The minimum absolute atomic E-state index is 0.0246. The molecule has 0 radical (unpaired) electrons. The first-order valence-corrected chi connectivity index (χ1v) is 11.4. The molecular formula is C21H25ClN2O3S. The highest BCUT2D eigenvalue weighted by molar-refractivity contribution is 7.89. The summed E-state index contributed by atoms with van der Waals surface area (Å²) in [6.07, 6.45) is 2.90. The lowest BCUT2D eigenvalue weighted by molar-refractivity contribution is -0.126. The van der Waals surface area contributed by atoms with Crippen molar-refractivity contribution in [1.82, 2.24) is 9.62 Å². The maximum atomic E-state index is 12.7. The molecule has 1 aliphatic heterocycles. The van der Waals surface area contributed by atoms with Gasteiger partial charge in [0.05, 0.1) is 4.90 Å². The van der Waals surface area contributed by atoms with Crippen LogP contribution in [0.1, 0.15) is 24.8 Å². The summed E-state index contributed by atoms with van der Waals surface area (Å²) >= 11 is 5.84. The fraction of sp³-hybridized carbons (Fsp3) is 0.381. The van der Waals surface area contributed by atoms with Gasteiger partial charge in [0.2, 0.25) is 15.9 Å². The third kappa shape index (κ3) is 5.34. The summed E-state index contributed by atoms with van der Waals surface area (Å²) in [4.78, 5) is 12.6. The van der Waals surface area contributed by atoms with Crippen LogP contribution in [0, 0.1) is 5.92 Å². The molecule has 1 N–H and O–H groups in total. The van der Waals surface area contributed by atoms with Crippen LogP contribution in [0.5, 0.6) is 0 Å². The van der Waals surface area contributed by atoms with E-state index in [0.29, 0.717) is 37.5 Å². The second-order valence-electron chi connectivity index (χ2n) is 7.01. The zero-order valence-electron chi connectivity index (χ0n) is 15.7. The summed E-state index contributed by atoms with van der Waals surface area (Å²) in [6.45, 7) is 1.34. The first-order valence-electron chi connectivity index (χ1n) is 9.54. The molecule has 150 valence electrons. The van der Waals surface area contributed by atoms with Crippen molar-refractivity contribution in [2.45, 2.75) is 30.6 Å². The van der Waals surface area contributed by atoms with Crippen LogP contribution < -0.4 is 5.32 Å². The minimum Gasteiger partial charge on any atom is -0.356 e. The Labute approximate surface area is 171 Å². The maximum absolute atomic E-state index is 12.7. The molecule has 5 nitrogen and oxygen atoms in total. The van der Waals surface area contributed by atoms with Crippen LogP contribution in [-0.2, 0) is 21.2 Å². The molecule has 0 bridgehead atoms. The van der Waals surface area contributed by atoms with Crippen molar-refractivity contribution in [2.24, 2.45) is 5.92 Å². The van der Waals surface area contributed by atoms with Crippen LogP contribution in [0.2, 0.25) is 5.02 Å². The number of hydrogen-bond donors (Lipinski definition) is 1. The lowest BCUT2D eigenvalue weighted by Crippen LogP contribution is -2.43. The lowest BCUT2D eigenvalue weighted by Gasteiger charge is -2.30. The molecule has 0 aromatic heterocycles. The van der Waals surface area contributed by atoms with E-state index in [-0.39, 0.29) is 16.7 Å². The summed E-state index contributed by atoms with van der Waals surface area (Å²) in [7, 11) is -3.54. The van der Waals surface area contributed by atoms with Crippen LogP contribution in [-0.4, -0.2) is 38.3 Å². The number of rotatable bonds is 7. The second kappa shape index (κ2) is 9.54. The molecule has 28 heavy (non-hydrogen) atoms. The molecule has 0 unspecified atom stereocenters. The normalized spacial score (nSPS) is 16.0. The van der Waals surface area contributed by atoms with E-state index in [4.69, 9.17) is 11.6 Å². The number of amides is 1. The number of halogens is 1. The van der Waals surface area contributed by atoms with Gasteiger partial charge in [-0.1, -0.05) is 41.9 Å². The third-order valence-electron chi connectivity index (χ3n) is 5.06. The van der Waals surface area contributed by atoms with Crippen molar-refractivity contribution in [2.75, 3.05) is 19.6 Å². The summed E-state index contributed by atoms with van der Waals surface area (Å²) in [6, 6.07) is 16.4. The van der Waals surface area contributed by atoms with Crippen LogP contribution in [0.15, 0.2) is 59.5 Å². The highest BCUT2D eigenvalue weighted by Crippen LogP contribution is 2.24. The van der Waals surface area contributed by atoms with Gasteiger partial charge in [-0.15, -0.1) is 0 Å². The maximum Gasteiger partial charge on any atom is 0.243 e. The van der Waals surface area contributed by atoms with Gasteiger partial charge in [-0.2, -0.15) is 4.31 Å². The number of carbonyl (C=O) groups excluding carboxylic acids is 1. The molecule has 7 heteroatoms. The van der Waals surface area contributed by atoms with Gasteiger partial charge >= 0.3 is 0 Å². The van der Waals surface area contributed by atoms with E-state index in [1.54, 1.807) is 12.1 Å². The van der Waals surface area contributed by atoms with E-state index < -0.39 is 10.0 Å². The van der Waals surface area contributed by atoms with Gasteiger partial charge in [0.15, 0.2) is 0 Å². The second-order valence-corrected chi connectivity index (χ2v) is 9.39. The molecule has 0 aliphatic carbocycles. The van der Waals surface area contributed by atoms with Crippen LogP contribution >= 0.6 is 11.6 Å². The zero-order valence-corrected chi connectivity index (χ0v) is 17.3. The molecular weight excluding hydrogens is 396 g/mol. The van der Waals surface area contributed by atoms with Crippen LogP contribution in [0.25, 0.3) is 0 Å². The highest BCUT2D eigenvalue weighted by atomic mass is 35.5. The molecule has 1 saturated heterocycles. The molecule has 0 atom stereocenters. The minimum atomic E-state index is -3.54. The topological polar surface area (TPSA) is 66.5 Å². The van der Waals surface area contributed by atoms with Gasteiger partial charge < -0.3 is 5.32 Å². The van der Waals surface area contributed by atoms with Gasteiger partial charge in [0, 0.05) is 30.6 Å². The van der Waals surface area contributed by atoms with Crippen molar-refractivity contribution in [3.8, 4) is 0 Å². The number of hydrogen-bond acceptors (Lipinski definition) is 3. The SMILES string of the molecule is O=C(NCCCc1ccccc1)C1CCN(S(=O)(=O)c2ccc(Cl)cc2)CC1. The molecule has 2 aromatic rings. The van der Waals surface area contributed by atoms with Gasteiger partial charge in [-0.3, -0.25) is 4.79 Å². The Balaban J connectivity index is 1.44. The Morgan fingerprint density at radius 3 is 2.32 bits per heavy atom. The number of benzene rings is 2. The highest BCUT2D eigenvalue weighted by Gasteiger charge is 2.31. The first-order chi connectivity index (χ1) is 13.5. The van der Waals surface area contributed by atoms with E-state index in [0.717, 1.165) is 12.8 Å². The number of aryl methyl sites for hydroxylation is 1. The monoisotopic (exact) mass is 420 g/mol. The Hall–Kier alpha value is -1.89. The largest absolute Gasteiger partial charge is 0.356 e. The molecule has 0 saturated carbocycles. The van der Waals surface area contributed by atoms with Gasteiger partial charge in [-0.25, -0.2) is 8.42 Å². The van der Waals surface area contributed by atoms with Crippen molar-refractivity contribution in [3.63, 3.8) is 0 Å². The van der Waals surface area contributed by atoms with Gasteiger partial charge in [0.25, 0.3) is 0 Å². The van der Waals surface area contributed by atoms with E-state index in [9.17, 15) is 13.2 Å². The lowest BCUT2D eigenvalue weighted by atomic mass is 9.97. The molecule has 1 amide bonds. The van der Waals surface area contributed by atoms with Crippen molar-refractivity contribution < 1.29 is 13.2 Å². The molecule has 1 fully saturated rings. The average molecular weight is 421 g/mol. The van der Waals surface area contributed by atoms with Crippen molar-refractivity contribution >= 4 is 27.5 Å². The van der Waals surface area contributed by atoms with Crippen molar-refractivity contribution in [3.05, 3.63) is 65.2 Å². The fourth-order valence-electron chi connectivity index (χ4n) is 3.41. The summed E-state index contributed by atoms with van der Waals surface area (Å²) in [5.74, 6) is -0.106. The van der Waals surface area contributed by atoms with Crippen LogP contribution in [0.4, 0.5) is 0 Å². The van der Waals surface area contributed by atoms with Gasteiger partial charge in [0.1, 0.15) is 0 Å². The molecule has 1 heterocycles. The first kappa shape index (κ1) is 20.8. The number of nitrogens with one attached hydrogen (secondary N) is 1. The molecule has 2 aromatic carbocycles. The summed E-state index contributed by atoms with van der Waals surface area (Å²) in [5.41, 5.74) is 1.26. The Morgan fingerprint density at radius 1 is 1.04 bits per heavy atom. The van der Waals surface area contributed by atoms with Gasteiger partial charge in [-0.05, 0) is 55.5 Å². The van der Waals surface area contributed by atoms with Crippen LogP contribution in [0.3, 0.4) is 0 Å². The predicted octanol–water partition coefficient (Wildman–Crippen LogP) is 3.49. The zero-order chi connectivity index (χ0) is 20.0.